The molecule has 0 amide bonds. The van der Waals surface area contributed by atoms with Gasteiger partial charge in [0.1, 0.15) is 0 Å². The molecule has 0 spiro atoms. The van der Waals surface area contributed by atoms with Crippen molar-refractivity contribution in [3.63, 3.8) is 0 Å². The molecule has 2 rings (SSSR count). The van der Waals surface area contributed by atoms with E-state index >= 15 is 0 Å². The minimum absolute atomic E-state index is 0.869. The Balaban J connectivity index is 1.60. The molecule has 1 heterocycles. The van der Waals surface area contributed by atoms with Gasteiger partial charge in [-0.25, -0.2) is 4.98 Å². The molecular weight excluding hydrogens is 312 g/mol. The van der Waals surface area contributed by atoms with E-state index in [2.05, 4.69) is 67.3 Å². The van der Waals surface area contributed by atoms with Crippen LogP contribution in [-0.2, 0) is 6.54 Å². The molecule has 0 radical (unpaired) electrons. The molecule has 6 heteroatoms. The zero-order valence-electron chi connectivity index (χ0n) is 15.4. The second-order valence-corrected chi connectivity index (χ2v) is 5.85. The first-order valence-corrected chi connectivity index (χ1v) is 9.03. The largest absolute Gasteiger partial charge is 0.372 e. The Bertz CT molecular complexity index is 594. The Hall–Kier alpha value is -2.50. The first kappa shape index (κ1) is 18.8. The van der Waals surface area contributed by atoms with Crippen LogP contribution in [0, 0.1) is 0 Å². The smallest absolute Gasteiger partial charge is 0.190 e. The maximum absolute atomic E-state index is 4.28. The molecule has 136 valence electrons. The van der Waals surface area contributed by atoms with Crippen molar-refractivity contribution in [3.05, 3.63) is 49.1 Å². The van der Waals surface area contributed by atoms with Gasteiger partial charge in [-0.1, -0.05) is 18.2 Å². The number of para-hydroxylation sites is 1. The second-order valence-electron chi connectivity index (χ2n) is 5.85. The maximum atomic E-state index is 4.28. The predicted molar refractivity (Wildman–Crippen MR) is 105 cm³/mol. The number of aryl methyl sites for hydroxylation is 1. The molecule has 6 nitrogen and oxygen atoms in total. The average molecular weight is 342 g/mol. The molecule has 25 heavy (non-hydrogen) atoms. The average Bonchev–Trinajstić information content (AvgIpc) is 3.17. The van der Waals surface area contributed by atoms with Gasteiger partial charge >= 0.3 is 0 Å². The summed E-state index contributed by atoms with van der Waals surface area (Å²) in [7, 11) is 1.81. The third-order valence-electron chi connectivity index (χ3n) is 4.07. The van der Waals surface area contributed by atoms with E-state index in [1.165, 1.54) is 5.69 Å². The standard InChI is InChI=1S/C19H30N6/c1-3-25(18-9-5-4-6-10-18)15-8-12-23-19(20-2)22-11-7-14-24-16-13-21-17-24/h4-6,9-10,13,16-17H,3,7-8,11-12,14-15H2,1-2H3,(H2,20,22,23). The maximum Gasteiger partial charge on any atom is 0.190 e. The first-order chi connectivity index (χ1) is 12.3. The van der Waals surface area contributed by atoms with Crippen molar-refractivity contribution in [2.75, 3.05) is 38.1 Å². The highest BCUT2D eigenvalue weighted by atomic mass is 15.2. The molecule has 1 aromatic heterocycles. The lowest BCUT2D eigenvalue weighted by atomic mass is 10.2. The molecule has 0 saturated heterocycles. The summed E-state index contributed by atoms with van der Waals surface area (Å²) >= 11 is 0. The fraction of sp³-hybridized carbons (Fsp3) is 0.474. The van der Waals surface area contributed by atoms with Crippen LogP contribution in [0.3, 0.4) is 0 Å². The lowest BCUT2D eigenvalue weighted by Gasteiger charge is -2.23. The summed E-state index contributed by atoms with van der Waals surface area (Å²) in [4.78, 5) is 10.7. The number of anilines is 1. The Morgan fingerprint density at radius 2 is 1.92 bits per heavy atom. The van der Waals surface area contributed by atoms with E-state index in [0.717, 1.165) is 51.5 Å². The SMILES string of the molecule is CCN(CCCNC(=NC)NCCCn1ccnc1)c1ccccc1. The van der Waals surface area contributed by atoms with Crippen LogP contribution in [0.15, 0.2) is 54.0 Å². The molecule has 0 saturated carbocycles. The number of hydrogen-bond acceptors (Lipinski definition) is 3. The first-order valence-electron chi connectivity index (χ1n) is 9.03. The van der Waals surface area contributed by atoms with Gasteiger partial charge in [-0.05, 0) is 31.9 Å². The van der Waals surface area contributed by atoms with Crippen LogP contribution in [-0.4, -0.2) is 48.7 Å². The number of aliphatic imine (C=N–C) groups is 1. The van der Waals surface area contributed by atoms with Gasteiger partial charge in [0.25, 0.3) is 0 Å². The molecule has 0 aliphatic heterocycles. The van der Waals surface area contributed by atoms with E-state index in [1.54, 1.807) is 0 Å². The van der Waals surface area contributed by atoms with Gasteiger partial charge in [-0.3, -0.25) is 4.99 Å². The number of imidazole rings is 1. The summed E-state index contributed by atoms with van der Waals surface area (Å²) in [5.74, 6) is 0.869. The monoisotopic (exact) mass is 342 g/mol. The van der Waals surface area contributed by atoms with E-state index in [9.17, 15) is 0 Å². The Morgan fingerprint density at radius 3 is 2.56 bits per heavy atom. The van der Waals surface area contributed by atoms with Crippen LogP contribution >= 0.6 is 0 Å². The van der Waals surface area contributed by atoms with Crippen LogP contribution in [0.2, 0.25) is 0 Å². The van der Waals surface area contributed by atoms with Gasteiger partial charge in [-0.15, -0.1) is 0 Å². The second kappa shape index (κ2) is 11.1. The topological polar surface area (TPSA) is 57.5 Å². The van der Waals surface area contributed by atoms with E-state index in [0.29, 0.717) is 0 Å². The lowest BCUT2D eigenvalue weighted by molar-refractivity contribution is 0.622. The van der Waals surface area contributed by atoms with Gasteiger partial charge in [0.05, 0.1) is 6.33 Å². The number of nitrogens with one attached hydrogen (secondary N) is 2. The summed E-state index contributed by atoms with van der Waals surface area (Å²) in [6.07, 6.45) is 7.74. The minimum Gasteiger partial charge on any atom is -0.372 e. The summed E-state index contributed by atoms with van der Waals surface area (Å²) in [5.41, 5.74) is 1.28. The molecule has 0 aliphatic rings. The van der Waals surface area contributed by atoms with Crippen LogP contribution < -0.4 is 15.5 Å². The highest BCUT2D eigenvalue weighted by molar-refractivity contribution is 5.79. The molecule has 2 aromatic rings. The van der Waals surface area contributed by atoms with E-state index in [-0.39, 0.29) is 0 Å². The Kier molecular flexibility index (Phi) is 8.38. The Labute approximate surface area is 151 Å². The molecule has 0 atom stereocenters. The molecule has 0 fully saturated rings. The fourth-order valence-electron chi connectivity index (χ4n) is 2.69. The van der Waals surface area contributed by atoms with Gasteiger partial charge < -0.3 is 20.1 Å². The molecule has 0 aliphatic carbocycles. The zero-order valence-corrected chi connectivity index (χ0v) is 15.4. The molecule has 0 bridgehead atoms. The van der Waals surface area contributed by atoms with Crippen molar-refractivity contribution in [1.82, 2.24) is 20.2 Å². The number of rotatable bonds is 10. The van der Waals surface area contributed by atoms with Gasteiger partial charge in [0.2, 0.25) is 0 Å². The number of hydrogen-bond donors (Lipinski definition) is 2. The number of aromatic nitrogens is 2. The number of nitrogens with zero attached hydrogens (tertiary/aromatic N) is 4. The number of benzene rings is 1. The van der Waals surface area contributed by atoms with Gasteiger partial charge in [0, 0.05) is 57.9 Å². The third-order valence-corrected chi connectivity index (χ3v) is 4.07. The van der Waals surface area contributed by atoms with Crippen LogP contribution in [0.25, 0.3) is 0 Å². The molecule has 2 N–H and O–H groups in total. The van der Waals surface area contributed by atoms with Gasteiger partial charge in [-0.2, -0.15) is 0 Å². The number of guanidine groups is 1. The molecule has 0 unspecified atom stereocenters. The van der Waals surface area contributed by atoms with Crippen molar-refractivity contribution in [1.29, 1.82) is 0 Å². The quantitative estimate of drug-likeness (QED) is 0.395. The van der Waals surface area contributed by atoms with Crippen LogP contribution in [0.5, 0.6) is 0 Å². The van der Waals surface area contributed by atoms with Crippen molar-refractivity contribution in [3.8, 4) is 0 Å². The fourth-order valence-corrected chi connectivity index (χ4v) is 2.69. The lowest BCUT2D eigenvalue weighted by Crippen LogP contribution is -2.39. The highest BCUT2D eigenvalue weighted by Gasteiger charge is 2.03. The highest BCUT2D eigenvalue weighted by Crippen LogP contribution is 2.12. The minimum atomic E-state index is 0.869. The van der Waals surface area contributed by atoms with Crippen molar-refractivity contribution in [2.45, 2.75) is 26.3 Å². The van der Waals surface area contributed by atoms with Gasteiger partial charge in [0.15, 0.2) is 5.96 Å². The molecular formula is C19H30N6. The van der Waals surface area contributed by atoms with Crippen LogP contribution in [0.1, 0.15) is 19.8 Å². The third kappa shape index (κ3) is 6.87. The molecule has 1 aromatic carbocycles. The predicted octanol–water partition coefficient (Wildman–Crippen LogP) is 2.35. The summed E-state index contributed by atoms with van der Waals surface area (Å²) in [6, 6.07) is 10.6. The zero-order chi connectivity index (χ0) is 17.7. The summed E-state index contributed by atoms with van der Waals surface area (Å²) in [6.45, 7) is 7.01. The summed E-state index contributed by atoms with van der Waals surface area (Å²) in [5, 5.41) is 6.74. The van der Waals surface area contributed by atoms with Crippen LogP contribution in [0.4, 0.5) is 5.69 Å². The van der Waals surface area contributed by atoms with Crippen molar-refractivity contribution >= 4 is 11.6 Å². The van der Waals surface area contributed by atoms with E-state index in [4.69, 9.17) is 0 Å². The van der Waals surface area contributed by atoms with Crippen molar-refractivity contribution < 1.29 is 0 Å². The van der Waals surface area contributed by atoms with E-state index in [1.807, 2.05) is 25.8 Å². The van der Waals surface area contributed by atoms with E-state index < -0.39 is 0 Å². The Morgan fingerprint density at radius 1 is 1.16 bits per heavy atom. The van der Waals surface area contributed by atoms with Crippen molar-refractivity contribution in [2.24, 2.45) is 4.99 Å². The normalized spacial score (nSPS) is 11.4. The summed E-state index contributed by atoms with van der Waals surface area (Å²) < 4.78 is 2.08.